The first-order chi connectivity index (χ1) is 13.9. The van der Waals surface area contributed by atoms with Gasteiger partial charge in [0.05, 0.1) is 25.2 Å². The van der Waals surface area contributed by atoms with Gasteiger partial charge in [0.2, 0.25) is 11.8 Å². The van der Waals surface area contributed by atoms with Crippen LogP contribution in [0.2, 0.25) is 0 Å². The van der Waals surface area contributed by atoms with Crippen LogP contribution in [0, 0.1) is 0 Å². The van der Waals surface area contributed by atoms with Gasteiger partial charge in [0.25, 0.3) is 0 Å². The highest BCUT2D eigenvalue weighted by Crippen LogP contribution is 2.40. The van der Waals surface area contributed by atoms with Crippen molar-refractivity contribution in [3.8, 4) is 11.5 Å². The number of amides is 2. The van der Waals surface area contributed by atoms with Gasteiger partial charge in [-0.15, -0.1) is 10.2 Å². The number of primary amides is 1. The minimum Gasteiger partial charge on any atom is -0.497 e. The summed E-state index contributed by atoms with van der Waals surface area (Å²) in [6.07, 6.45) is 2.32. The summed E-state index contributed by atoms with van der Waals surface area (Å²) in [5, 5.41) is 11.5. The topological polar surface area (TPSA) is 121 Å². The maximum atomic E-state index is 12.8. The van der Waals surface area contributed by atoms with Crippen LogP contribution in [0.5, 0.6) is 11.5 Å². The van der Waals surface area contributed by atoms with Gasteiger partial charge in [-0.3, -0.25) is 9.59 Å². The molecule has 1 fully saturated rings. The van der Waals surface area contributed by atoms with Crippen LogP contribution in [0.4, 0.5) is 5.69 Å². The summed E-state index contributed by atoms with van der Waals surface area (Å²) in [5.41, 5.74) is 5.83. The van der Waals surface area contributed by atoms with Crippen molar-refractivity contribution < 1.29 is 19.1 Å². The number of nitrogens with two attached hydrogens (primary N) is 1. The molecule has 1 unspecified atom stereocenters. The minimum atomic E-state index is -0.450. The minimum absolute atomic E-state index is 0.201. The summed E-state index contributed by atoms with van der Waals surface area (Å²) < 4.78 is 12.4. The van der Waals surface area contributed by atoms with E-state index < -0.39 is 5.25 Å². The molecule has 10 heteroatoms. The largest absolute Gasteiger partial charge is 0.497 e. The van der Waals surface area contributed by atoms with Gasteiger partial charge in [0.1, 0.15) is 17.3 Å². The third-order valence-electron chi connectivity index (χ3n) is 4.59. The average Bonchev–Trinajstić information content (AvgIpc) is 3.47. The number of rotatable bonds is 10. The van der Waals surface area contributed by atoms with E-state index >= 15 is 0 Å². The second-order valence-corrected chi connectivity index (χ2v) is 8.11. The van der Waals surface area contributed by atoms with Crippen molar-refractivity contribution >= 4 is 29.3 Å². The van der Waals surface area contributed by atoms with Crippen LogP contribution in [-0.4, -0.2) is 46.0 Å². The highest BCUT2D eigenvalue weighted by Gasteiger charge is 2.31. The maximum Gasteiger partial charge on any atom is 0.237 e. The fourth-order valence-corrected chi connectivity index (χ4v) is 3.70. The van der Waals surface area contributed by atoms with E-state index in [4.69, 9.17) is 15.2 Å². The van der Waals surface area contributed by atoms with Gasteiger partial charge in [0, 0.05) is 24.9 Å². The Morgan fingerprint density at radius 2 is 2.07 bits per heavy atom. The number of methoxy groups -OCH3 is 2. The maximum absolute atomic E-state index is 12.8. The van der Waals surface area contributed by atoms with Crippen LogP contribution in [0.3, 0.4) is 0 Å². The second kappa shape index (κ2) is 9.17. The fraction of sp³-hybridized carbons (Fsp3) is 0.474. The Labute approximate surface area is 173 Å². The fourth-order valence-electron chi connectivity index (χ4n) is 2.82. The zero-order chi connectivity index (χ0) is 21.0. The van der Waals surface area contributed by atoms with Crippen molar-refractivity contribution in [3.05, 3.63) is 24.0 Å². The highest BCUT2D eigenvalue weighted by atomic mass is 32.2. The number of nitrogens with zero attached hydrogens (tertiary/aromatic N) is 3. The molecule has 1 aromatic heterocycles. The van der Waals surface area contributed by atoms with Crippen molar-refractivity contribution in [2.45, 2.75) is 49.1 Å². The van der Waals surface area contributed by atoms with Gasteiger partial charge < -0.3 is 25.1 Å². The van der Waals surface area contributed by atoms with Crippen molar-refractivity contribution in [1.82, 2.24) is 14.8 Å². The van der Waals surface area contributed by atoms with E-state index in [1.807, 2.05) is 4.57 Å². The van der Waals surface area contributed by atoms with Crippen LogP contribution in [0.25, 0.3) is 0 Å². The number of hydrogen-bond acceptors (Lipinski definition) is 7. The van der Waals surface area contributed by atoms with Crippen LogP contribution in [-0.2, 0) is 16.1 Å². The van der Waals surface area contributed by atoms with E-state index in [0.717, 1.165) is 18.7 Å². The number of carbonyl (C=O) groups is 2. The Bertz CT molecular complexity index is 897. The third kappa shape index (κ3) is 5.20. The van der Waals surface area contributed by atoms with E-state index in [2.05, 4.69) is 15.5 Å². The lowest BCUT2D eigenvalue weighted by molar-refractivity contribution is -0.118. The Hall–Kier alpha value is -2.75. The first-order valence-electron chi connectivity index (χ1n) is 9.33. The zero-order valence-electron chi connectivity index (χ0n) is 16.7. The summed E-state index contributed by atoms with van der Waals surface area (Å²) >= 11 is 1.29. The lowest BCUT2D eigenvalue weighted by Crippen LogP contribution is -2.23. The van der Waals surface area contributed by atoms with Crippen LogP contribution < -0.4 is 20.5 Å². The Balaban J connectivity index is 1.72. The smallest absolute Gasteiger partial charge is 0.237 e. The van der Waals surface area contributed by atoms with Crippen LogP contribution in [0.1, 0.15) is 37.9 Å². The Morgan fingerprint density at radius 3 is 2.69 bits per heavy atom. The van der Waals surface area contributed by atoms with Gasteiger partial charge in [-0.05, 0) is 31.9 Å². The number of hydrogen-bond donors (Lipinski definition) is 2. The number of nitrogens with one attached hydrogen (secondary N) is 1. The molecule has 3 rings (SSSR count). The lowest BCUT2D eigenvalue weighted by Gasteiger charge is -2.15. The van der Waals surface area contributed by atoms with Crippen LogP contribution >= 0.6 is 11.8 Å². The molecule has 9 nitrogen and oxygen atoms in total. The van der Waals surface area contributed by atoms with Gasteiger partial charge in [-0.1, -0.05) is 11.8 Å². The first-order valence-corrected chi connectivity index (χ1v) is 10.2. The molecule has 1 saturated carbocycles. The molecule has 1 heterocycles. The molecular formula is C19H25N5O4S. The normalized spacial score (nSPS) is 14.3. The zero-order valence-corrected chi connectivity index (χ0v) is 17.5. The van der Waals surface area contributed by atoms with E-state index in [-0.39, 0.29) is 18.2 Å². The molecule has 1 aliphatic carbocycles. The van der Waals surface area contributed by atoms with Crippen LogP contribution in [0.15, 0.2) is 23.4 Å². The molecule has 1 aliphatic rings. The molecular weight excluding hydrogens is 394 g/mol. The number of benzene rings is 1. The number of ether oxygens (including phenoxy) is 2. The lowest BCUT2D eigenvalue weighted by atomic mass is 10.2. The van der Waals surface area contributed by atoms with Crippen molar-refractivity contribution in [3.63, 3.8) is 0 Å². The quantitative estimate of drug-likeness (QED) is 0.566. The molecule has 3 N–H and O–H groups in total. The van der Waals surface area contributed by atoms with E-state index in [1.165, 1.54) is 18.9 Å². The molecule has 1 aromatic carbocycles. The summed E-state index contributed by atoms with van der Waals surface area (Å²) in [4.78, 5) is 24.0. The van der Waals surface area contributed by atoms with E-state index in [9.17, 15) is 9.59 Å². The number of carbonyl (C=O) groups excluding carboxylic acids is 2. The first kappa shape index (κ1) is 21.0. The molecule has 2 aromatic rings. The molecule has 0 bridgehead atoms. The number of aromatic nitrogens is 3. The van der Waals surface area contributed by atoms with Gasteiger partial charge in [-0.25, -0.2) is 0 Å². The summed E-state index contributed by atoms with van der Waals surface area (Å²) in [7, 11) is 3.10. The molecule has 0 saturated heterocycles. The monoisotopic (exact) mass is 419 g/mol. The molecule has 2 amide bonds. The van der Waals surface area contributed by atoms with Crippen molar-refractivity contribution in [2.75, 3.05) is 19.5 Å². The van der Waals surface area contributed by atoms with Crippen molar-refractivity contribution in [2.24, 2.45) is 5.73 Å². The molecule has 1 atom stereocenters. The number of anilines is 1. The molecule has 0 spiro atoms. The highest BCUT2D eigenvalue weighted by molar-refractivity contribution is 8.00. The summed E-state index contributed by atoms with van der Waals surface area (Å²) in [6, 6.07) is 5.19. The number of thioether (sulfide) groups is 1. The summed E-state index contributed by atoms with van der Waals surface area (Å²) in [6.45, 7) is 2.20. The Kier molecular flexibility index (Phi) is 6.63. The predicted molar refractivity (Wildman–Crippen MR) is 109 cm³/mol. The van der Waals surface area contributed by atoms with E-state index in [0.29, 0.717) is 34.8 Å². The average molecular weight is 420 g/mol. The SMILES string of the molecule is COc1ccc(OC)c(NC(=O)C(C)Sc2nnc(C3CC3)n2CCC(N)=O)c1. The van der Waals surface area contributed by atoms with Crippen molar-refractivity contribution in [1.29, 1.82) is 0 Å². The van der Waals surface area contributed by atoms with Gasteiger partial charge >= 0.3 is 0 Å². The second-order valence-electron chi connectivity index (χ2n) is 6.80. The molecule has 0 radical (unpaired) electrons. The molecule has 0 aliphatic heterocycles. The molecule has 29 heavy (non-hydrogen) atoms. The van der Waals surface area contributed by atoms with Gasteiger partial charge in [-0.2, -0.15) is 0 Å². The summed E-state index contributed by atoms with van der Waals surface area (Å²) in [5.74, 6) is 1.79. The molecule has 156 valence electrons. The standard InChI is InChI=1S/C19H25N5O4S/c1-11(18(26)21-14-10-13(27-2)6-7-15(14)28-3)29-19-23-22-17(12-4-5-12)24(19)9-8-16(20)25/h6-7,10-12H,4-5,8-9H2,1-3H3,(H2,20,25)(H,21,26). The Morgan fingerprint density at radius 1 is 1.31 bits per heavy atom. The third-order valence-corrected chi connectivity index (χ3v) is 5.67. The van der Waals surface area contributed by atoms with Gasteiger partial charge in [0.15, 0.2) is 5.16 Å². The van der Waals surface area contributed by atoms with E-state index in [1.54, 1.807) is 32.2 Å². The predicted octanol–water partition coefficient (Wildman–Crippen LogP) is 2.17.